The maximum absolute atomic E-state index is 13.6. The zero-order valence-corrected chi connectivity index (χ0v) is 16.4. The van der Waals surface area contributed by atoms with Crippen molar-refractivity contribution in [2.24, 2.45) is 17.3 Å². The second-order valence-corrected chi connectivity index (χ2v) is 11.0. The van der Waals surface area contributed by atoms with Gasteiger partial charge in [-0.15, -0.1) is 0 Å². The molecule has 4 bridgehead atoms. The summed E-state index contributed by atoms with van der Waals surface area (Å²) in [6.07, 6.45) is 11.0. The van der Waals surface area contributed by atoms with Crippen molar-refractivity contribution in [2.45, 2.75) is 81.0 Å². The Morgan fingerprint density at radius 3 is 2.44 bits per heavy atom. The summed E-state index contributed by atoms with van der Waals surface area (Å²) in [4.78, 5) is 18.0. The Bertz CT molecular complexity index is 695. The Hall–Kier alpha value is -0.910. The monoisotopic (exact) mass is 407 g/mol. The van der Waals surface area contributed by atoms with E-state index < -0.39 is 5.54 Å². The molecule has 136 valence electrons. The van der Waals surface area contributed by atoms with Crippen molar-refractivity contribution in [1.82, 2.24) is 15.5 Å². The number of hydrogen-bond acceptors (Lipinski definition) is 4. The van der Waals surface area contributed by atoms with Crippen molar-refractivity contribution in [3.63, 3.8) is 0 Å². The van der Waals surface area contributed by atoms with Crippen LogP contribution in [0.5, 0.6) is 0 Å². The number of nitrogens with zero attached hydrogens (tertiary/aromatic N) is 2. The molecule has 1 N–H and O–H groups in total. The average molecular weight is 408 g/mol. The maximum Gasteiger partial charge on any atom is 0.227 e. The largest absolute Gasteiger partial charge is 0.343 e. The van der Waals surface area contributed by atoms with Crippen molar-refractivity contribution in [3.05, 3.63) is 11.7 Å². The van der Waals surface area contributed by atoms with Crippen LogP contribution in [0.4, 0.5) is 0 Å². The lowest BCUT2D eigenvalue weighted by atomic mass is 9.49. The molecule has 1 amide bonds. The number of hydrogen-bond donors (Lipinski definition) is 1. The Morgan fingerprint density at radius 2 is 1.88 bits per heavy atom. The van der Waals surface area contributed by atoms with Crippen LogP contribution in [0.25, 0.3) is 0 Å². The number of nitrogens with one attached hydrogen (secondary N) is 1. The number of alkyl halides is 1. The second-order valence-electron chi connectivity index (χ2n) is 9.27. The van der Waals surface area contributed by atoms with Gasteiger partial charge in [0.2, 0.25) is 11.8 Å². The third kappa shape index (κ3) is 2.50. The molecule has 0 radical (unpaired) electrons. The van der Waals surface area contributed by atoms with Gasteiger partial charge in [-0.3, -0.25) is 4.79 Å². The summed E-state index contributed by atoms with van der Waals surface area (Å²) in [7, 11) is 0. The molecular formula is C19H26BrN3O2. The van der Waals surface area contributed by atoms with Gasteiger partial charge in [-0.2, -0.15) is 4.98 Å². The van der Waals surface area contributed by atoms with Crippen LogP contribution >= 0.6 is 15.9 Å². The molecule has 2 unspecified atom stereocenters. The van der Waals surface area contributed by atoms with Crippen molar-refractivity contribution in [2.75, 3.05) is 0 Å². The fourth-order valence-corrected chi connectivity index (χ4v) is 8.10. The molecule has 5 fully saturated rings. The third-order valence-electron chi connectivity index (χ3n) is 7.24. The standard InChI is InChI=1S/C19H26BrN3O2/c1-12-21-15(23-25-12)19(4-2-3-5-19)22-16(24)17-7-13-6-14(8-17)10-18(20,9-13)11-17/h13-14H,2-11H2,1H3,(H,22,24). The van der Waals surface area contributed by atoms with Gasteiger partial charge in [0.05, 0.1) is 5.41 Å². The minimum atomic E-state index is -0.419. The highest BCUT2D eigenvalue weighted by atomic mass is 79.9. The normalized spacial score (nSPS) is 41.2. The Kier molecular flexibility index (Phi) is 3.45. The summed E-state index contributed by atoms with van der Waals surface area (Å²) < 4.78 is 5.42. The molecule has 0 aliphatic heterocycles. The van der Waals surface area contributed by atoms with Crippen molar-refractivity contribution in [3.8, 4) is 0 Å². The van der Waals surface area contributed by atoms with Crippen molar-refractivity contribution in [1.29, 1.82) is 0 Å². The van der Waals surface area contributed by atoms with Crippen LogP contribution in [0.1, 0.15) is 75.9 Å². The van der Waals surface area contributed by atoms with Gasteiger partial charge in [0, 0.05) is 11.2 Å². The van der Waals surface area contributed by atoms with Gasteiger partial charge >= 0.3 is 0 Å². The van der Waals surface area contributed by atoms with Crippen LogP contribution in [-0.4, -0.2) is 20.4 Å². The van der Waals surface area contributed by atoms with E-state index in [1.165, 1.54) is 19.3 Å². The first-order chi connectivity index (χ1) is 11.9. The molecule has 1 heterocycles. The van der Waals surface area contributed by atoms with Crippen LogP contribution in [0.3, 0.4) is 0 Å². The number of rotatable bonds is 3. The Morgan fingerprint density at radius 1 is 1.20 bits per heavy atom. The predicted molar refractivity (Wildman–Crippen MR) is 96.1 cm³/mol. The van der Waals surface area contributed by atoms with E-state index in [-0.39, 0.29) is 15.6 Å². The highest BCUT2D eigenvalue weighted by Crippen LogP contribution is 2.64. The number of carbonyl (C=O) groups excluding carboxylic acids is 1. The van der Waals surface area contributed by atoms with Crippen LogP contribution in [-0.2, 0) is 10.3 Å². The van der Waals surface area contributed by atoms with Gasteiger partial charge < -0.3 is 9.84 Å². The first-order valence-electron chi connectivity index (χ1n) is 9.73. The zero-order chi connectivity index (χ0) is 17.3. The van der Waals surface area contributed by atoms with E-state index in [9.17, 15) is 4.79 Å². The van der Waals surface area contributed by atoms with Gasteiger partial charge in [-0.25, -0.2) is 0 Å². The molecule has 0 saturated heterocycles. The maximum atomic E-state index is 13.6. The van der Waals surface area contributed by atoms with Crippen LogP contribution in [0.2, 0.25) is 0 Å². The number of carbonyl (C=O) groups is 1. The van der Waals surface area contributed by atoms with Crippen LogP contribution < -0.4 is 5.32 Å². The van der Waals surface area contributed by atoms with Gasteiger partial charge in [0.1, 0.15) is 5.54 Å². The number of aryl methyl sites for hydroxylation is 1. The molecule has 5 nitrogen and oxygen atoms in total. The van der Waals surface area contributed by atoms with E-state index in [1.54, 1.807) is 0 Å². The van der Waals surface area contributed by atoms with Gasteiger partial charge in [-0.1, -0.05) is 33.9 Å². The molecule has 2 atom stereocenters. The lowest BCUT2D eigenvalue weighted by molar-refractivity contribution is -0.146. The predicted octanol–water partition coefficient (Wildman–Crippen LogP) is 4.00. The fourth-order valence-electron chi connectivity index (χ4n) is 6.64. The fraction of sp³-hybridized carbons (Fsp3) is 0.842. The molecule has 6 rings (SSSR count). The molecular weight excluding hydrogens is 382 g/mol. The summed E-state index contributed by atoms with van der Waals surface area (Å²) in [5, 5.41) is 7.62. The molecule has 0 aromatic carbocycles. The van der Waals surface area contributed by atoms with Gasteiger partial charge in [0.25, 0.3) is 0 Å². The number of halogens is 1. The average Bonchev–Trinajstić information content (AvgIpc) is 3.14. The summed E-state index contributed by atoms with van der Waals surface area (Å²) in [6, 6.07) is 0. The summed E-state index contributed by atoms with van der Waals surface area (Å²) >= 11 is 4.02. The Balaban J connectivity index is 1.44. The van der Waals surface area contributed by atoms with Gasteiger partial charge in [0.15, 0.2) is 5.82 Å². The first kappa shape index (κ1) is 16.3. The molecule has 5 aliphatic rings. The van der Waals surface area contributed by atoms with E-state index in [1.807, 2.05) is 6.92 Å². The highest BCUT2D eigenvalue weighted by Gasteiger charge is 2.60. The summed E-state index contributed by atoms with van der Waals surface area (Å²) in [5.74, 6) is 2.91. The quantitative estimate of drug-likeness (QED) is 0.768. The second kappa shape index (κ2) is 5.30. The van der Waals surface area contributed by atoms with E-state index in [0.29, 0.717) is 23.6 Å². The minimum absolute atomic E-state index is 0.193. The summed E-state index contributed by atoms with van der Waals surface area (Å²) in [6.45, 7) is 1.81. The molecule has 5 saturated carbocycles. The molecule has 0 spiro atoms. The molecule has 1 aromatic heterocycles. The smallest absolute Gasteiger partial charge is 0.227 e. The third-order valence-corrected chi connectivity index (χ3v) is 8.16. The lowest BCUT2D eigenvalue weighted by Crippen LogP contribution is -2.60. The molecule has 5 aliphatic carbocycles. The van der Waals surface area contributed by atoms with Crippen molar-refractivity contribution >= 4 is 21.8 Å². The number of amides is 1. The van der Waals surface area contributed by atoms with E-state index >= 15 is 0 Å². The molecule has 1 aromatic rings. The van der Waals surface area contributed by atoms with Gasteiger partial charge in [-0.05, 0) is 63.2 Å². The van der Waals surface area contributed by atoms with E-state index in [0.717, 1.165) is 44.9 Å². The first-order valence-corrected chi connectivity index (χ1v) is 10.5. The van der Waals surface area contributed by atoms with E-state index in [2.05, 4.69) is 31.4 Å². The number of aromatic nitrogens is 2. The van der Waals surface area contributed by atoms with E-state index in [4.69, 9.17) is 4.52 Å². The Labute approximate surface area is 156 Å². The van der Waals surface area contributed by atoms with Crippen molar-refractivity contribution < 1.29 is 9.32 Å². The SMILES string of the molecule is Cc1nc(C2(NC(=O)C34CC5CC(CC(Br)(C5)C3)C4)CCCC2)no1. The molecule has 6 heteroatoms. The van der Waals surface area contributed by atoms with Crippen LogP contribution in [0, 0.1) is 24.2 Å². The highest BCUT2D eigenvalue weighted by molar-refractivity contribution is 9.10. The molecule has 25 heavy (non-hydrogen) atoms. The summed E-state index contributed by atoms with van der Waals surface area (Å²) in [5.41, 5.74) is -0.612. The minimum Gasteiger partial charge on any atom is -0.343 e. The lowest BCUT2D eigenvalue weighted by Gasteiger charge is -2.59. The zero-order valence-electron chi connectivity index (χ0n) is 14.8. The topological polar surface area (TPSA) is 68.0 Å². The van der Waals surface area contributed by atoms with Crippen LogP contribution in [0.15, 0.2) is 4.52 Å².